The minimum Gasteiger partial charge on any atom is -0.365 e. The Hall–Kier alpha value is -1.36. The van der Waals surface area contributed by atoms with E-state index in [4.69, 9.17) is 11.6 Å². The van der Waals surface area contributed by atoms with Crippen LogP contribution in [0.1, 0.15) is 25.7 Å². The third-order valence-electron chi connectivity index (χ3n) is 3.51. The minimum absolute atomic E-state index is 0.295. The highest BCUT2D eigenvalue weighted by Gasteiger charge is 2.26. The molecule has 6 heteroatoms. The van der Waals surface area contributed by atoms with E-state index in [0.29, 0.717) is 11.3 Å². The maximum absolute atomic E-state index is 6.01. The number of halogens is 1. The summed E-state index contributed by atoms with van der Waals surface area (Å²) in [7, 11) is 0. The number of imidazole rings is 1. The van der Waals surface area contributed by atoms with Gasteiger partial charge in [0.2, 0.25) is 5.28 Å². The monoisotopic (exact) mass is 263 g/mol. The molecule has 2 fully saturated rings. The van der Waals surface area contributed by atoms with Gasteiger partial charge in [-0.3, -0.25) is 0 Å². The molecule has 2 aromatic heterocycles. The van der Waals surface area contributed by atoms with Gasteiger partial charge in [0, 0.05) is 12.6 Å². The van der Waals surface area contributed by atoms with Crippen molar-refractivity contribution >= 4 is 28.6 Å². The van der Waals surface area contributed by atoms with E-state index in [2.05, 4.69) is 24.8 Å². The summed E-state index contributed by atoms with van der Waals surface area (Å²) < 4.78 is 2.10. The lowest BCUT2D eigenvalue weighted by Crippen LogP contribution is -2.06. The summed E-state index contributed by atoms with van der Waals surface area (Å²) in [4.78, 5) is 13.0. The van der Waals surface area contributed by atoms with E-state index in [-0.39, 0.29) is 0 Å². The average Bonchev–Trinajstić information content (AvgIpc) is 3.22. The number of nitrogens with zero attached hydrogens (tertiary/aromatic N) is 4. The molecule has 4 rings (SSSR count). The molecule has 0 bridgehead atoms. The first-order valence-corrected chi connectivity index (χ1v) is 6.82. The van der Waals surface area contributed by atoms with Crippen molar-refractivity contribution in [3.05, 3.63) is 11.6 Å². The molecule has 0 unspecified atom stereocenters. The molecule has 2 heterocycles. The molecular formula is C12H14ClN5. The van der Waals surface area contributed by atoms with Crippen molar-refractivity contribution in [3.8, 4) is 0 Å². The van der Waals surface area contributed by atoms with E-state index in [1.165, 1.54) is 25.7 Å². The van der Waals surface area contributed by atoms with Crippen LogP contribution in [0.25, 0.3) is 11.2 Å². The summed E-state index contributed by atoms with van der Waals surface area (Å²) in [6.45, 7) is 0.993. The van der Waals surface area contributed by atoms with E-state index in [9.17, 15) is 0 Å². The molecule has 18 heavy (non-hydrogen) atoms. The Morgan fingerprint density at radius 1 is 1.28 bits per heavy atom. The third-order valence-corrected chi connectivity index (χ3v) is 3.68. The minimum atomic E-state index is 0.295. The molecule has 0 aromatic carbocycles. The average molecular weight is 264 g/mol. The number of nitrogens with one attached hydrogen (secondary N) is 1. The van der Waals surface area contributed by atoms with Crippen molar-refractivity contribution in [2.45, 2.75) is 38.3 Å². The highest BCUT2D eigenvalue weighted by atomic mass is 35.5. The van der Waals surface area contributed by atoms with E-state index in [1.54, 1.807) is 0 Å². The van der Waals surface area contributed by atoms with Gasteiger partial charge in [0.05, 0.1) is 6.33 Å². The Kier molecular flexibility index (Phi) is 2.24. The normalized spacial score (nSPS) is 19.4. The van der Waals surface area contributed by atoms with Gasteiger partial charge >= 0.3 is 0 Å². The van der Waals surface area contributed by atoms with Crippen LogP contribution >= 0.6 is 11.6 Å². The van der Waals surface area contributed by atoms with Crippen molar-refractivity contribution in [2.24, 2.45) is 5.92 Å². The van der Waals surface area contributed by atoms with Crippen LogP contribution in [0.3, 0.4) is 0 Å². The van der Waals surface area contributed by atoms with E-state index >= 15 is 0 Å². The fourth-order valence-electron chi connectivity index (χ4n) is 2.15. The zero-order valence-electron chi connectivity index (χ0n) is 9.93. The number of fused-ring (bicyclic) bond motifs is 1. The third kappa shape index (κ3) is 1.92. The predicted octanol–water partition coefficient (Wildman–Crippen LogP) is 2.46. The quantitative estimate of drug-likeness (QED) is 0.861. The highest BCUT2D eigenvalue weighted by molar-refractivity contribution is 6.28. The Bertz CT molecular complexity index is 600. The van der Waals surface area contributed by atoms with Crippen LogP contribution in [-0.4, -0.2) is 25.6 Å². The van der Waals surface area contributed by atoms with Crippen molar-refractivity contribution in [1.82, 2.24) is 19.5 Å². The first-order chi connectivity index (χ1) is 8.79. The van der Waals surface area contributed by atoms with Gasteiger partial charge in [-0.15, -0.1) is 0 Å². The SMILES string of the molecule is Clc1nc(NC2CC2)c2ncn(CC3CC3)c2n1. The van der Waals surface area contributed by atoms with Gasteiger partial charge in [-0.2, -0.15) is 9.97 Å². The van der Waals surface area contributed by atoms with Crippen molar-refractivity contribution in [2.75, 3.05) is 5.32 Å². The molecule has 5 nitrogen and oxygen atoms in total. The Balaban J connectivity index is 1.77. The molecule has 94 valence electrons. The molecule has 2 aromatic rings. The van der Waals surface area contributed by atoms with Crippen LogP contribution in [-0.2, 0) is 6.54 Å². The first-order valence-electron chi connectivity index (χ1n) is 6.44. The summed E-state index contributed by atoms with van der Waals surface area (Å²) in [5.74, 6) is 1.57. The summed E-state index contributed by atoms with van der Waals surface area (Å²) in [5.41, 5.74) is 1.69. The number of aromatic nitrogens is 4. The van der Waals surface area contributed by atoms with Crippen molar-refractivity contribution in [1.29, 1.82) is 0 Å². The zero-order chi connectivity index (χ0) is 12.1. The number of hydrogen-bond donors (Lipinski definition) is 1. The van der Waals surface area contributed by atoms with Crippen LogP contribution < -0.4 is 5.32 Å². The molecule has 0 aliphatic heterocycles. The van der Waals surface area contributed by atoms with Gasteiger partial charge in [-0.1, -0.05) is 0 Å². The predicted molar refractivity (Wildman–Crippen MR) is 69.7 cm³/mol. The van der Waals surface area contributed by atoms with E-state index in [1.807, 2.05) is 6.33 Å². The molecule has 0 spiro atoms. The van der Waals surface area contributed by atoms with Crippen molar-refractivity contribution < 1.29 is 0 Å². The second kappa shape index (κ2) is 3.82. The van der Waals surface area contributed by atoms with E-state index in [0.717, 1.165) is 29.4 Å². The Labute approximate surface area is 110 Å². The lowest BCUT2D eigenvalue weighted by Gasteiger charge is -2.06. The van der Waals surface area contributed by atoms with Gasteiger partial charge in [0.1, 0.15) is 0 Å². The second-order valence-corrected chi connectivity index (χ2v) is 5.61. The molecule has 2 aliphatic carbocycles. The number of hydrogen-bond acceptors (Lipinski definition) is 4. The maximum atomic E-state index is 6.01. The second-order valence-electron chi connectivity index (χ2n) is 5.27. The van der Waals surface area contributed by atoms with Crippen molar-refractivity contribution in [3.63, 3.8) is 0 Å². The van der Waals surface area contributed by atoms with Crippen LogP contribution in [0.15, 0.2) is 6.33 Å². The fourth-order valence-corrected chi connectivity index (χ4v) is 2.32. The lowest BCUT2D eigenvalue weighted by molar-refractivity contribution is 0.638. The highest BCUT2D eigenvalue weighted by Crippen LogP contribution is 2.33. The lowest BCUT2D eigenvalue weighted by atomic mass is 10.4. The summed E-state index contributed by atoms with van der Waals surface area (Å²) in [6, 6.07) is 0.535. The topological polar surface area (TPSA) is 55.6 Å². The van der Waals surface area contributed by atoms with Gasteiger partial charge in [0.25, 0.3) is 0 Å². The molecule has 0 saturated heterocycles. The van der Waals surface area contributed by atoms with Crippen LogP contribution in [0, 0.1) is 5.92 Å². The zero-order valence-corrected chi connectivity index (χ0v) is 10.7. The smallest absolute Gasteiger partial charge is 0.226 e. The molecule has 2 saturated carbocycles. The van der Waals surface area contributed by atoms with E-state index < -0.39 is 0 Å². The van der Waals surface area contributed by atoms with Gasteiger partial charge < -0.3 is 9.88 Å². The van der Waals surface area contributed by atoms with Crippen LogP contribution in [0.4, 0.5) is 5.82 Å². The maximum Gasteiger partial charge on any atom is 0.226 e. The number of rotatable bonds is 4. The molecule has 0 amide bonds. The molecule has 1 N–H and O–H groups in total. The van der Waals surface area contributed by atoms with Crippen LogP contribution in [0.5, 0.6) is 0 Å². The summed E-state index contributed by atoms with van der Waals surface area (Å²) in [6.07, 6.45) is 6.88. The molecule has 0 atom stereocenters. The molecule has 0 radical (unpaired) electrons. The van der Waals surface area contributed by atoms with Gasteiger partial charge in [0.15, 0.2) is 17.0 Å². The number of anilines is 1. The summed E-state index contributed by atoms with van der Waals surface area (Å²) in [5, 5.41) is 3.67. The van der Waals surface area contributed by atoms with Gasteiger partial charge in [-0.25, -0.2) is 4.98 Å². The fraction of sp³-hybridized carbons (Fsp3) is 0.583. The summed E-state index contributed by atoms with van der Waals surface area (Å²) >= 11 is 6.01. The van der Waals surface area contributed by atoms with Gasteiger partial charge in [-0.05, 0) is 43.2 Å². The molecule has 2 aliphatic rings. The Morgan fingerprint density at radius 3 is 2.83 bits per heavy atom. The first kappa shape index (κ1) is 10.6. The molecular weight excluding hydrogens is 250 g/mol. The Morgan fingerprint density at radius 2 is 2.11 bits per heavy atom. The standard InChI is InChI=1S/C12H14ClN5/c13-12-16-10(15-8-3-4-8)9-11(17-12)18(6-14-9)5-7-1-2-7/h6-8H,1-5H2,(H,15,16,17). The van der Waals surface area contributed by atoms with Crippen LogP contribution in [0.2, 0.25) is 5.28 Å². The largest absolute Gasteiger partial charge is 0.365 e.